The average molecular weight is 256 g/mol. The van der Waals surface area contributed by atoms with Crippen molar-refractivity contribution in [3.63, 3.8) is 0 Å². The molecule has 19 heavy (non-hydrogen) atoms. The third-order valence-corrected chi connectivity index (χ3v) is 3.06. The van der Waals surface area contributed by atoms with Crippen LogP contribution in [0.25, 0.3) is 0 Å². The van der Waals surface area contributed by atoms with Gasteiger partial charge in [-0.15, -0.1) is 0 Å². The first-order valence-electron chi connectivity index (χ1n) is 6.14. The van der Waals surface area contributed by atoms with Crippen molar-refractivity contribution >= 4 is 0 Å². The summed E-state index contributed by atoms with van der Waals surface area (Å²) < 4.78 is 10.6. The van der Waals surface area contributed by atoms with Gasteiger partial charge in [0.05, 0.1) is 14.2 Å². The second-order valence-electron chi connectivity index (χ2n) is 4.12. The maximum absolute atomic E-state index is 5.89. The Hall–Kier alpha value is -2.00. The van der Waals surface area contributed by atoms with E-state index in [4.69, 9.17) is 15.2 Å². The van der Waals surface area contributed by atoms with Gasteiger partial charge < -0.3 is 15.2 Å². The van der Waals surface area contributed by atoms with Crippen molar-refractivity contribution in [1.29, 1.82) is 0 Å². The Morgan fingerprint density at radius 2 is 1.58 bits per heavy atom. The Kier molecular flexibility index (Phi) is 4.42. The van der Waals surface area contributed by atoms with Crippen LogP contribution in [0.15, 0.2) is 48.5 Å². The van der Waals surface area contributed by atoms with Crippen LogP contribution in [0.2, 0.25) is 0 Å². The maximum Gasteiger partial charge on any atom is 0.161 e. The SMILES string of the molecule is COc1ccc([C](CN)c2ccccc2)cc1OC. The number of methoxy groups -OCH3 is 2. The lowest BCUT2D eigenvalue weighted by Gasteiger charge is -2.17. The maximum atomic E-state index is 5.89. The largest absolute Gasteiger partial charge is 0.493 e. The van der Waals surface area contributed by atoms with Crippen LogP contribution in [-0.4, -0.2) is 20.8 Å². The van der Waals surface area contributed by atoms with Crippen molar-refractivity contribution in [2.75, 3.05) is 20.8 Å². The summed E-state index contributed by atoms with van der Waals surface area (Å²) in [6.45, 7) is 0.472. The predicted octanol–water partition coefficient (Wildman–Crippen LogP) is 2.63. The number of ether oxygens (including phenoxy) is 2. The Balaban J connectivity index is 2.39. The lowest BCUT2D eigenvalue weighted by molar-refractivity contribution is 0.354. The van der Waals surface area contributed by atoms with Gasteiger partial charge in [0.2, 0.25) is 0 Å². The minimum atomic E-state index is 0.472. The van der Waals surface area contributed by atoms with E-state index in [1.54, 1.807) is 14.2 Å². The van der Waals surface area contributed by atoms with E-state index in [0.717, 1.165) is 22.8 Å². The summed E-state index contributed by atoms with van der Waals surface area (Å²) >= 11 is 0. The van der Waals surface area contributed by atoms with E-state index in [0.29, 0.717) is 12.3 Å². The molecule has 0 saturated carbocycles. The summed E-state index contributed by atoms with van der Waals surface area (Å²) in [7, 11) is 3.26. The van der Waals surface area contributed by atoms with Gasteiger partial charge in [0.25, 0.3) is 0 Å². The molecule has 2 N–H and O–H groups in total. The number of rotatable bonds is 5. The van der Waals surface area contributed by atoms with Crippen molar-refractivity contribution in [3.05, 3.63) is 65.6 Å². The van der Waals surface area contributed by atoms with E-state index >= 15 is 0 Å². The minimum Gasteiger partial charge on any atom is -0.493 e. The smallest absolute Gasteiger partial charge is 0.161 e. The van der Waals surface area contributed by atoms with Crippen LogP contribution in [0, 0.1) is 5.92 Å². The normalized spacial score (nSPS) is 10.5. The topological polar surface area (TPSA) is 44.5 Å². The molecule has 3 heteroatoms. The second-order valence-corrected chi connectivity index (χ2v) is 4.12. The zero-order valence-electron chi connectivity index (χ0n) is 11.2. The van der Waals surface area contributed by atoms with Crippen LogP contribution in [0.1, 0.15) is 11.1 Å². The molecular weight excluding hydrogens is 238 g/mol. The Bertz CT molecular complexity index is 526. The molecule has 0 aliphatic rings. The number of nitrogens with two attached hydrogens (primary N) is 1. The molecule has 0 unspecified atom stereocenters. The van der Waals surface area contributed by atoms with Crippen LogP contribution in [0.4, 0.5) is 0 Å². The highest BCUT2D eigenvalue weighted by Gasteiger charge is 2.15. The van der Waals surface area contributed by atoms with Gasteiger partial charge in [0, 0.05) is 12.5 Å². The standard InChI is InChI=1S/C16H18NO2/c1-18-15-9-8-13(10-16(15)19-2)14(11-17)12-6-4-3-5-7-12/h3-10H,11,17H2,1-2H3. The summed E-state index contributed by atoms with van der Waals surface area (Å²) in [6.07, 6.45) is 0. The van der Waals surface area contributed by atoms with Crippen LogP contribution >= 0.6 is 0 Å². The lowest BCUT2D eigenvalue weighted by Crippen LogP contribution is -2.14. The van der Waals surface area contributed by atoms with E-state index < -0.39 is 0 Å². The van der Waals surface area contributed by atoms with Crippen molar-refractivity contribution in [3.8, 4) is 11.5 Å². The van der Waals surface area contributed by atoms with Crippen molar-refractivity contribution in [1.82, 2.24) is 0 Å². The Morgan fingerprint density at radius 3 is 2.16 bits per heavy atom. The van der Waals surface area contributed by atoms with Gasteiger partial charge in [0.15, 0.2) is 11.5 Å². The summed E-state index contributed by atoms with van der Waals surface area (Å²) in [5, 5.41) is 0. The van der Waals surface area contributed by atoms with Gasteiger partial charge in [-0.25, -0.2) is 0 Å². The molecule has 0 aliphatic carbocycles. The fourth-order valence-corrected chi connectivity index (χ4v) is 2.07. The molecule has 0 amide bonds. The zero-order valence-corrected chi connectivity index (χ0v) is 11.2. The molecule has 0 aliphatic heterocycles. The molecule has 0 aromatic heterocycles. The molecule has 2 rings (SSSR count). The van der Waals surface area contributed by atoms with E-state index in [1.807, 2.05) is 36.4 Å². The first-order chi connectivity index (χ1) is 9.30. The third-order valence-electron chi connectivity index (χ3n) is 3.06. The van der Waals surface area contributed by atoms with E-state index in [9.17, 15) is 0 Å². The van der Waals surface area contributed by atoms with Crippen LogP contribution in [-0.2, 0) is 0 Å². The van der Waals surface area contributed by atoms with Crippen LogP contribution < -0.4 is 15.2 Å². The highest BCUT2D eigenvalue weighted by Crippen LogP contribution is 2.32. The van der Waals surface area contributed by atoms with E-state index in [2.05, 4.69) is 12.1 Å². The summed E-state index contributed by atoms with van der Waals surface area (Å²) in [5.74, 6) is 2.51. The molecule has 99 valence electrons. The van der Waals surface area contributed by atoms with Crippen molar-refractivity contribution < 1.29 is 9.47 Å². The van der Waals surface area contributed by atoms with Gasteiger partial charge in [-0.1, -0.05) is 36.4 Å². The molecule has 2 aromatic carbocycles. The number of hydrogen-bond acceptors (Lipinski definition) is 3. The molecular formula is C16H18NO2. The zero-order chi connectivity index (χ0) is 13.7. The van der Waals surface area contributed by atoms with Gasteiger partial charge >= 0.3 is 0 Å². The highest BCUT2D eigenvalue weighted by molar-refractivity contribution is 5.52. The summed E-state index contributed by atoms with van der Waals surface area (Å²) in [6, 6.07) is 16.0. The second kappa shape index (κ2) is 6.25. The summed E-state index contributed by atoms with van der Waals surface area (Å²) in [4.78, 5) is 0. The Morgan fingerprint density at radius 1 is 0.895 bits per heavy atom. The van der Waals surface area contributed by atoms with E-state index in [-0.39, 0.29) is 0 Å². The van der Waals surface area contributed by atoms with Gasteiger partial charge in [-0.2, -0.15) is 0 Å². The van der Waals surface area contributed by atoms with Gasteiger partial charge in [-0.3, -0.25) is 0 Å². The first kappa shape index (κ1) is 13.4. The van der Waals surface area contributed by atoms with E-state index in [1.165, 1.54) is 0 Å². The van der Waals surface area contributed by atoms with Crippen LogP contribution in [0.3, 0.4) is 0 Å². The van der Waals surface area contributed by atoms with Crippen LogP contribution in [0.5, 0.6) is 11.5 Å². The first-order valence-corrected chi connectivity index (χ1v) is 6.14. The molecule has 1 radical (unpaired) electrons. The average Bonchev–Trinajstić information content (AvgIpc) is 2.49. The molecule has 0 bridgehead atoms. The molecule has 0 saturated heterocycles. The molecule has 0 spiro atoms. The molecule has 3 nitrogen and oxygen atoms in total. The Labute approximate surface area is 114 Å². The number of benzene rings is 2. The van der Waals surface area contributed by atoms with Crippen molar-refractivity contribution in [2.45, 2.75) is 0 Å². The molecule has 2 aromatic rings. The highest BCUT2D eigenvalue weighted by atomic mass is 16.5. The fraction of sp³-hybridized carbons (Fsp3) is 0.188. The third kappa shape index (κ3) is 2.88. The number of hydrogen-bond donors (Lipinski definition) is 1. The van der Waals surface area contributed by atoms with Crippen molar-refractivity contribution in [2.24, 2.45) is 5.73 Å². The van der Waals surface area contributed by atoms with Gasteiger partial charge in [-0.05, 0) is 23.3 Å². The molecule has 0 heterocycles. The monoisotopic (exact) mass is 256 g/mol. The summed E-state index contributed by atoms with van der Waals surface area (Å²) in [5.41, 5.74) is 8.06. The molecule has 0 atom stereocenters. The van der Waals surface area contributed by atoms with Gasteiger partial charge in [0.1, 0.15) is 0 Å². The lowest BCUT2D eigenvalue weighted by atomic mass is 9.91. The quantitative estimate of drug-likeness (QED) is 0.894. The molecule has 0 fully saturated rings. The predicted molar refractivity (Wildman–Crippen MR) is 76.5 cm³/mol. The minimum absolute atomic E-state index is 0.472. The fourth-order valence-electron chi connectivity index (χ4n) is 2.07.